The van der Waals surface area contributed by atoms with Crippen molar-refractivity contribution in [3.8, 4) is 0 Å². The van der Waals surface area contributed by atoms with Crippen LogP contribution in [-0.4, -0.2) is 23.0 Å². The number of ether oxygens (including phenoxy) is 1. The number of anilines is 1. The first-order valence-corrected chi connectivity index (χ1v) is 6.55. The van der Waals surface area contributed by atoms with Gasteiger partial charge in [-0.1, -0.05) is 0 Å². The Hall–Kier alpha value is -2.08. The lowest BCUT2D eigenvalue weighted by molar-refractivity contribution is 0.0600. The Morgan fingerprint density at radius 2 is 2.11 bits per heavy atom. The second-order valence-electron chi connectivity index (χ2n) is 3.75. The highest BCUT2D eigenvalue weighted by Crippen LogP contribution is 2.20. The van der Waals surface area contributed by atoms with E-state index < -0.39 is 0 Å². The zero-order chi connectivity index (χ0) is 13.7. The number of thioether (sulfide) groups is 1. The molecule has 6 heteroatoms. The van der Waals surface area contributed by atoms with Gasteiger partial charge in [0.25, 0.3) is 0 Å². The molecule has 0 saturated carbocycles. The summed E-state index contributed by atoms with van der Waals surface area (Å²) in [6.45, 7) is 0. The number of nitrogens with two attached hydrogens (primary N) is 1. The number of hydrogen-bond acceptors (Lipinski definition) is 6. The maximum atomic E-state index is 11.2. The molecular weight excluding hydrogens is 262 g/mol. The maximum Gasteiger partial charge on any atom is 0.339 e. The van der Waals surface area contributed by atoms with Crippen molar-refractivity contribution in [2.45, 2.75) is 10.8 Å². The largest absolute Gasteiger partial charge is 0.465 e. The lowest BCUT2D eigenvalue weighted by Gasteiger charge is -2.02. The van der Waals surface area contributed by atoms with Crippen LogP contribution in [0.2, 0.25) is 0 Å². The number of hydrogen-bond donors (Lipinski definition) is 1. The molecule has 0 unspecified atom stereocenters. The van der Waals surface area contributed by atoms with Crippen molar-refractivity contribution in [3.63, 3.8) is 0 Å². The number of esters is 1. The minimum atomic E-state index is -0.382. The average molecular weight is 275 g/mol. The highest BCUT2D eigenvalue weighted by atomic mass is 32.2. The summed E-state index contributed by atoms with van der Waals surface area (Å²) >= 11 is 1.56. The molecule has 0 aliphatic rings. The quantitative estimate of drug-likeness (QED) is 0.680. The number of pyridine rings is 2. The van der Waals surface area contributed by atoms with Gasteiger partial charge in [0.15, 0.2) is 0 Å². The smallest absolute Gasteiger partial charge is 0.339 e. The Labute approximate surface area is 115 Å². The molecule has 0 saturated heterocycles. The topological polar surface area (TPSA) is 78.1 Å². The predicted octanol–water partition coefficient (Wildman–Crippen LogP) is 2.14. The number of carbonyl (C=O) groups is 1. The van der Waals surface area contributed by atoms with Crippen LogP contribution >= 0.6 is 11.8 Å². The van der Waals surface area contributed by atoms with Crippen molar-refractivity contribution in [1.82, 2.24) is 9.97 Å². The van der Waals surface area contributed by atoms with Gasteiger partial charge in [-0.2, -0.15) is 0 Å². The summed E-state index contributed by atoms with van der Waals surface area (Å²) in [7, 11) is 1.35. The Morgan fingerprint density at radius 3 is 2.68 bits per heavy atom. The van der Waals surface area contributed by atoms with Crippen LogP contribution in [0.25, 0.3) is 0 Å². The Kier molecular flexibility index (Phi) is 4.35. The van der Waals surface area contributed by atoms with E-state index in [9.17, 15) is 4.79 Å². The summed E-state index contributed by atoms with van der Waals surface area (Å²) in [5, 5.41) is 0.882. The maximum absolute atomic E-state index is 11.2. The number of carbonyl (C=O) groups excluding carboxylic acids is 1. The Morgan fingerprint density at radius 1 is 1.26 bits per heavy atom. The molecule has 0 aliphatic carbocycles. The fraction of sp³-hybridized carbons (Fsp3) is 0.154. The van der Waals surface area contributed by atoms with Gasteiger partial charge >= 0.3 is 5.97 Å². The summed E-state index contributed by atoms with van der Waals surface area (Å²) < 4.78 is 4.61. The summed E-state index contributed by atoms with van der Waals surface area (Å²) in [6.07, 6.45) is 3.13. The van der Waals surface area contributed by atoms with E-state index in [1.54, 1.807) is 30.1 Å². The first-order chi connectivity index (χ1) is 9.19. The van der Waals surface area contributed by atoms with Crippen molar-refractivity contribution < 1.29 is 9.53 Å². The van der Waals surface area contributed by atoms with Gasteiger partial charge in [-0.3, -0.25) is 4.98 Å². The SMILES string of the molecule is COC(=O)c1ccc(CSc2ccc(N)cn2)nc1. The van der Waals surface area contributed by atoms with E-state index in [0.29, 0.717) is 17.0 Å². The molecule has 2 rings (SSSR count). The van der Waals surface area contributed by atoms with Gasteiger partial charge in [-0.25, -0.2) is 9.78 Å². The van der Waals surface area contributed by atoms with Gasteiger partial charge in [0, 0.05) is 11.9 Å². The van der Waals surface area contributed by atoms with Crippen molar-refractivity contribution in [2.75, 3.05) is 12.8 Å². The van der Waals surface area contributed by atoms with Crippen molar-refractivity contribution in [2.24, 2.45) is 0 Å². The molecule has 5 nitrogen and oxygen atoms in total. The first kappa shape index (κ1) is 13.4. The zero-order valence-electron chi connectivity index (χ0n) is 10.4. The van der Waals surface area contributed by atoms with Crippen LogP contribution in [0.1, 0.15) is 16.1 Å². The van der Waals surface area contributed by atoms with Crippen LogP contribution in [0.4, 0.5) is 5.69 Å². The highest BCUT2D eigenvalue weighted by molar-refractivity contribution is 7.98. The third-order valence-electron chi connectivity index (χ3n) is 2.37. The lowest BCUT2D eigenvalue weighted by atomic mass is 10.2. The number of nitrogens with zero attached hydrogens (tertiary/aromatic N) is 2. The predicted molar refractivity (Wildman–Crippen MR) is 73.8 cm³/mol. The van der Waals surface area contributed by atoms with Gasteiger partial charge in [0.1, 0.15) is 0 Å². The van der Waals surface area contributed by atoms with E-state index in [-0.39, 0.29) is 5.97 Å². The average Bonchev–Trinajstić information content (AvgIpc) is 2.46. The van der Waals surface area contributed by atoms with Gasteiger partial charge in [0.05, 0.1) is 35.3 Å². The molecular formula is C13H13N3O2S. The van der Waals surface area contributed by atoms with Crippen LogP contribution in [0.5, 0.6) is 0 Å². The molecule has 2 aromatic rings. The van der Waals surface area contributed by atoms with Crippen molar-refractivity contribution in [3.05, 3.63) is 47.9 Å². The highest BCUT2D eigenvalue weighted by Gasteiger charge is 2.05. The van der Waals surface area contributed by atoms with E-state index in [4.69, 9.17) is 5.73 Å². The molecule has 19 heavy (non-hydrogen) atoms. The van der Waals surface area contributed by atoms with E-state index in [1.165, 1.54) is 13.3 Å². The number of rotatable bonds is 4. The van der Waals surface area contributed by atoms with E-state index in [0.717, 1.165) is 10.7 Å². The van der Waals surface area contributed by atoms with Crippen LogP contribution < -0.4 is 5.73 Å². The third-order valence-corrected chi connectivity index (χ3v) is 3.35. The normalized spacial score (nSPS) is 10.2. The van der Waals surface area contributed by atoms with Crippen molar-refractivity contribution in [1.29, 1.82) is 0 Å². The van der Waals surface area contributed by atoms with Gasteiger partial charge in [-0.05, 0) is 24.3 Å². The molecule has 0 amide bonds. The molecule has 0 aliphatic heterocycles. The summed E-state index contributed by atoms with van der Waals surface area (Å²) in [5.41, 5.74) is 7.53. The second-order valence-corrected chi connectivity index (χ2v) is 4.74. The van der Waals surface area contributed by atoms with Crippen LogP contribution in [0.15, 0.2) is 41.7 Å². The summed E-state index contributed by atoms with van der Waals surface area (Å²) in [5.74, 6) is 0.296. The Balaban J connectivity index is 1.96. The van der Waals surface area contributed by atoms with Crippen LogP contribution in [0, 0.1) is 0 Å². The fourth-order valence-electron chi connectivity index (χ4n) is 1.37. The van der Waals surface area contributed by atoms with Gasteiger partial charge in [0.2, 0.25) is 0 Å². The summed E-state index contributed by atoms with van der Waals surface area (Å²) in [4.78, 5) is 19.6. The van der Waals surface area contributed by atoms with E-state index in [1.807, 2.05) is 12.1 Å². The molecule has 98 valence electrons. The minimum absolute atomic E-state index is 0.382. The molecule has 0 aromatic carbocycles. The molecule has 0 radical (unpaired) electrons. The molecule has 2 heterocycles. The molecule has 2 aromatic heterocycles. The van der Waals surface area contributed by atoms with Gasteiger partial charge in [-0.15, -0.1) is 11.8 Å². The standard InChI is InChI=1S/C13H13N3O2S/c1-18-13(17)9-2-4-11(15-6-9)8-19-12-5-3-10(14)7-16-12/h2-7H,8,14H2,1H3. The van der Waals surface area contributed by atoms with Gasteiger partial charge < -0.3 is 10.5 Å². The molecule has 0 bridgehead atoms. The molecule has 0 atom stereocenters. The number of nitrogen functional groups attached to an aromatic ring is 1. The third kappa shape index (κ3) is 3.69. The van der Waals surface area contributed by atoms with Crippen molar-refractivity contribution >= 4 is 23.4 Å². The van der Waals surface area contributed by atoms with Crippen LogP contribution in [-0.2, 0) is 10.5 Å². The minimum Gasteiger partial charge on any atom is -0.465 e. The van der Waals surface area contributed by atoms with Crippen LogP contribution in [0.3, 0.4) is 0 Å². The Bertz CT molecular complexity index is 555. The second kappa shape index (κ2) is 6.19. The molecule has 0 fully saturated rings. The van der Waals surface area contributed by atoms with E-state index in [2.05, 4.69) is 14.7 Å². The monoisotopic (exact) mass is 275 g/mol. The zero-order valence-corrected chi connectivity index (χ0v) is 11.2. The number of aromatic nitrogens is 2. The number of methoxy groups -OCH3 is 1. The van der Waals surface area contributed by atoms with E-state index >= 15 is 0 Å². The fourth-order valence-corrected chi connectivity index (χ4v) is 2.13. The lowest BCUT2D eigenvalue weighted by Crippen LogP contribution is -2.02. The molecule has 0 spiro atoms. The molecule has 2 N–H and O–H groups in total. The summed E-state index contributed by atoms with van der Waals surface area (Å²) in [6, 6.07) is 7.17. The first-order valence-electron chi connectivity index (χ1n) is 5.56.